The Kier molecular flexibility index (Phi) is 8.99. The van der Waals surface area contributed by atoms with Crippen LogP contribution in [0.3, 0.4) is 0 Å². The van der Waals surface area contributed by atoms with Crippen LogP contribution in [0.25, 0.3) is 28.3 Å². The van der Waals surface area contributed by atoms with Crippen LogP contribution in [-0.2, 0) is 17.9 Å². The van der Waals surface area contributed by atoms with Gasteiger partial charge in [-0.25, -0.2) is 0 Å². The molecule has 0 fully saturated rings. The average Bonchev–Trinajstić information content (AvgIpc) is 3.55. The van der Waals surface area contributed by atoms with Crippen LogP contribution >= 0.6 is 17.0 Å². The molecule has 240 valence electrons. The maximum absolute atomic E-state index is 8.06. The summed E-state index contributed by atoms with van der Waals surface area (Å²) in [6, 6.07) is 28.2. The monoisotopic (exact) mass is 774 g/mol. The Hall–Kier alpha value is -1.27. The molecule has 4 aromatic carbocycles. The number of benzene rings is 4. The number of fused-ring (bicyclic) bond motifs is 4. The molecule has 1 aliphatic carbocycles. The molecule has 0 aromatic heterocycles. The predicted octanol–water partition coefficient (Wildman–Crippen LogP) is 8.94. The zero-order chi connectivity index (χ0) is 33.6. The first-order valence-corrected chi connectivity index (χ1v) is 34.3. The van der Waals surface area contributed by atoms with Crippen molar-refractivity contribution in [2.45, 2.75) is 83.4 Å². The van der Waals surface area contributed by atoms with Crippen LogP contribution in [0.4, 0.5) is 0 Å². The van der Waals surface area contributed by atoms with E-state index in [0.717, 1.165) is 0 Å². The van der Waals surface area contributed by atoms with Gasteiger partial charge in [0.25, 0.3) is 0 Å². The Morgan fingerprint density at radius 3 is 1.96 bits per heavy atom. The first-order chi connectivity index (χ1) is 21.3. The van der Waals surface area contributed by atoms with Crippen LogP contribution in [0.15, 0.2) is 78.4 Å². The van der Waals surface area contributed by atoms with Crippen LogP contribution < -0.4 is 24.0 Å². The average molecular weight is 777 g/mol. The fraction of sp³-hybridized carbons (Fsp3) is 0.350. The molecule has 0 N–H and O–H groups in total. The quantitative estimate of drug-likeness (QED) is 0.151. The number of hydrogen-bond donors (Lipinski definition) is 0. The molecule has 0 saturated carbocycles. The van der Waals surface area contributed by atoms with Crippen molar-refractivity contribution in [2.75, 3.05) is 0 Å². The Labute approximate surface area is 294 Å². The van der Waals surface area contributed by atoms with Gasteiger partial charge in [-0.2, -0.15) is 0 Å². The van der Waals surface area contributed by atoms with E-state index < -0.39 is 43.5 Å². The molecular formula is C40H50Cl2Si3Zr. The van der Waals surface area contributed by atoms with Gasteiger partial charge in [0.2, 0.25) is 0 Å². The molecule has 0 spiro atoms. The topological polar surface area (TPSA) is 0 Å². The molecule has 6 heteroatoms. The van der Waals surface area contributed by atoms with Crippen molar-refractivity contribution in [3.8, 4) is 22.3 Å². The molecule has 0 nitrogen and oxygen atoms in total. The summed E-state index contributed by atoms with van der Waals surface area (Å²) in [6.45, 7) is 26.6. The van der Waals surface area contributed by atoms with Crippen LogP contribution in [0.2, 0.25) is 39.3 Å². The third-order valence-corrected chi connectivity index (χ3v) is 28.5. The van der Waals surface area contributed by atoms with Crippen molar-refractivity contribution >= 4 is 72.8 Å². The van der Waals surface area contributed by atoms with Gasteiger partial charge in [0.05, 0.1) is 0 Å². The molecule has 6 rings (SSSR count). The van der Waals surface area contributed by atoms with E-state index >= 15 is 0 Å². The third kappa shape index (κ3) is 6.07. The summed E-state index contributed by atoms with van der Waals surface area (Å²) in [5.41, 5.74) is 11.1. The molecule has 4 aromatic rings. The van der Waals surface area contributed by atoms with Gasteiger partial charge in [0.1, 0.15) is 0 Å². The maximum atomic E-state index is 8.06. The van der Waals surface area contributed by atoms with Crippen molar-refractivity contribution in [2.24, 2.45) is 5.41 Å². The van der Waals surface area contributed by atoms with E-state index in [-0.39, 0.29) is 9.04 Å². The van der Waals surface area contributed by atoms with Gasteiger partial charge in [-0.05, 0) is 0 Å². The molecule has 1 atom stereocenters. The van der Waals surface area contributed by atoms with Crippen LogP contribution in [0.5, 0.6) is 0 Å². The Morgan fingerprint density at radius 1 is 0.761 bits per heavy atom. The summed E-state index contributed by atoms with van der Waals surface area (Å²) < 4.78 is 1.37. The molecular weight excluding hydrogens is 727 g/mol. The first kappa shape index (κ1) is 34.6. The Bertz CT molecular complexity index is 1850. The van der Waals surface area contributed by atoms with E-state index in [0.29, 0.717) is 5.92 Å². The molecule has 1 aliphatic heterocycles. The first-order valence-electron chi connectivity index (χ1n) is 16.9. The van der Waals surface area contributed by atoms with E-state index in [4.69, 9.17) is 17.0 Å². The second kappa shape index (κ2) is 12.0. The summed E-state index contributed by atoms with van der Waals surface area (Å²) in [5, 5.41) is 6.12. The van der Waals surface area contributed by atoms with Gasteiger partial charge < -0.3 is 0 Å². The SMILES string of the molecule is CC(C)c1ccc2c(c1-c1cc([Si](C)(C)C)cc([Si](C)(C)C)c1)C=C(C(C)(C)C)[CH]2[Zr]([Cl])([Cl])[c]1cccc2c1[SiH2]c1ccccc1-2. The number of rotatable bonds is 6. The fourth-order valence-corrected chi connectivity index (χ4v) is 27.2. The number of halogens is 2. The summed E-state index contributed by atoms with van der Waals surface area (Å²) >= 11 is -4.11. The molecule has 2 aliphatic rings. The summed E-state index contributed by atoms with van der Waals surface area (Å²) in [5.74, 6) is 0.402. The standard InChI is InChI=1S/C28H41Si2.C12H9Si.2ClH.Zr/c1-19(2)25-13-12-20-14-22(28(3,4)5)17-26(20)27(25)21-15-23(29(6,7)8)18-24(16-21)30(9,10)11;1-3-7-11-9(5-1)10-6-2-4-8-12(10)13-11;;;/h12-19H,1-11H3;1-7H,13H2;2*1H;/q;;;;+2/p-2. The van der Waals surface area contributed by atoms with Gasteiger partial charge in [-0.3, -0.25) is 0 Å². The number of allylic oxidation sites excluding steroid dienone is 1. The zero-order valence-corrected chi connectivity index (χ0v) is 37.0. The van der Waals surface area contributed by atoms with Gasteiger partial charge in [-0.1, -0.05) is 0 Å². The van der Waals surface area contributed by atoms with E-state index in [2.05, 4.69) is 153 Å². The molecule has 1 heterocycles. The summed E-state index contributed by atoms with van der Waals surface area (Å²) in [4.78, 5) is 0. The second-order valence-electron chi connectivity index (χ2n) is 17.1. The third-order valence-electron chi connectivity index (χ3n) is 10.2. The van der Waals surface area contributed by atoms with Crippen molar-refractivity contribution in [1.82, 2.24) is 0 Å². The fourth-order valence-electron chi connectivity index (χ4n) is 7.57. The Balaban J connectivity index is 1.62. The van der Waals surface area contributed by atoms with Crippen LogP contribution in [-0.4, -0.2) is 25.7 Å². The zero-order valence-electron chi connectivity index (χ0n) is 29.6. The summed E-state index contributed by atoms with van der Waals surface area (Å²) in [6.07, 6.45) is 2.53. The van der Waals surface area contributed by atoms with E-state index in [1.165, 1.54) is 58.2 Å². The van der Waals surface area contributed by atoms with E-state index in [1.54, 1.807) is 10.4 Å². The Morgan fingerprint density at radius 2 is 1.37 bits per heavy atom. The minimum absolute atomic E-state index is 0.0626. The molecule has 0 saturated heterocycles. The second-order valence-corrected chi connectivity index (χ2v) is 43.0. The molecule has 46 heavy (non-hydrogen) atoms. The van der Waals surface area contributed by atoms with Gasteiger partial charge in [0, 0.05) is 0 Å². The van der Waals surface area contributed by atoms with Gasteiger partial charge in [0.15, 0.2) is 0 Å². The normalized spacial score (nSPS) is 16.9. The molecule has 0 radical (unpaired) electrons. The molecule has 0 bridgehead atoms. The predicted molar refractivity (Wildman–Crippen MR) is 213 cm³/mol. The van der Waals surface area contributed by atoms with Crippen LogP contribution in [0, 0.1) is 5.41 Å². The molecule has 1 unspecified atom stereocenters. The van der Waals surface area contributed by atoms with Crippen molar-refractivity contribution in [3.63, 3.8) is 0 Å². The number of hydrogen-bond acceptors (Lipinski definition) is 0. The van der Waals surface area contributed by atoms with E-state index in [1.807, 2.05) is 0 Å². The summed E-state index contributed by atoms with van der Waals surface area (Å²) in [7, 11) is 12.3. The minimum atomic E-state index is -4.11. The van der Waals surface area contributed by atoms with Crippen LogP contribution in [0.1, 0.15) is 60.9 Å². The van der Waals surface area contributed by atoms with E-state index in [9.17, 15) is 0 Å². The van der Waals surface area contributed by atoms with Gasteiger partial charge >= 0.3 is 297 Å². The van der Waals surface area contributed by atoms with Crippen molar-refractivity contribution in [3.05, 3.63) is 95.1 Å². The van der Waals surface area contributed by atoms with Gasteiger partial charge in [-0.15, -0.1) is 0 Å². The van der Waals surface area contributed by atoms with Crippen molar-refractivity contribution in [1.29, 1.82) is 0 Å². The van der Waals surface area contributed by atoms with Crippen molar-refractivity contribution < 1.29 is 17.9 Å². The molecule has 0 amide bonds.